The van der Waals surface area contributed by atoms with Crippen LogP contribution in [0.15, 0.2) is 10.9 Å². The number of carbonyl (C=O) groups is 1. The van der Waals surface area contributed by atoms with Gasteiger partial charge in [0, 0.05) is 20.1 Å². The Labute approximate surface area is 124 Å². The van der Waals surface area contributed by atoms with Crippen LogP contribution in [0.25, 0.3) is 11.0 Å². The van der Waals surface area contributed by atoms with Crippen LogP contribution in [0.4, 0.5) is 5.82 Å². The Bertz CT molecular complexity index is 669. The topological polar surface area (TPSA) is 75.9 Å². The van der Waals surface area contributed by atoms with Crippen LogP contribution in [0, 0.1) is 0 Å². The van der Waals surface area contributed by atoms with E-state index in [0.717, 1.165) is 29.8 Å². The standard InChI is InChI=1S/C12H15BrN6O/c1-3-7-12(20)14-4-5-19(7)11-8-9(13)17-18(2)10(8)15-6-16-11/h6-7H,3-5H2,1-2H3,(H,14,20). The van der Waals surface area contributed by atoms with Crippen molar-refractivity contribution in [3.8, 4) is 0 Å². The maximum atomic E-state index is 12.0. The molecule has 0 radical (unpaired) electrons. The molecule has 1 fully saturated rings. The average Bonchev–Trinajstić information content (AvgIpc) is 2.74. The van der Waals surface area contributed by atoms with Gasteiger partial charge in [0.2, 0.25) is 5.91 Å². The highest BCUT2D eigenvalue weighted by Gasteiger charge is 2.31. The van der Waals surface area contributed by atoms with Crippen LogP contribution in [0.5, 0.6) is 0 Å². The Balaban J connectivity index is 2.16. The van der Waals surface area contributed by atoms with E-state index in [1.807, 2.05) is 18.9 Å². The molecule has 1 saturated heterocycles. The molecule has 2 aromatic rings. The normalized spacial score (nSPS) is 19.4. The van der Waals surface area contributed by atoms with Crippen LogP contribution in [0.1, 0.15) is 13.3 Å². The fourth-order valence-corrected chi connectivity index (χ4v) is 3.21. The molecule has 106 valence electrons. The minimum absolute atomic E-state index is 0.0468. The molecule has 1 aliphatic rings. The molecule has 1 aliphatic heterocycles. The molecule has 20 heavy (non-hydrogen) atoms. The molecular formula is C12H15BrN6O. The third-order valence-corrected chi connectivity index (χ3v) is 4.10. The van der Waals surface area contributed by atoms with E-state index in [0.29, 0.717) is 11.1 Å². The molecule has 2 aromatic heterocycles. The predicted octanol–water partition coefficient (Wildman–Crippen LogP) is 0.841. The minimum atomic E-state index is -0.200. The van der Waals surface area contributed by atoms with Crippen LogP contribution in [0.2, 0.25) is 0 Å². The van der Waals surface area contributed by atoms with Gasteiger partial charge in [-0.05, 0) is 22.4 Å². The lowest BCUT2D eigenvalue weighted by Crippen LogP contribution is -2.55. The van der Waals surface area contributed by atoms with Gasteiger partial charge in [-0.2, -0.15) is 5.10 Å². The molecular weight excluding hydrogens is 324 g/mol. The van der Waals surface area contributed by atoms with Crippen LogP contribution >= 0.6 is 15.9 Å². The van der Waals surface area contributed by atoms with E-state index in [4.69, 9.17) is 0 Å². The summed E-state index contributed by atoms with van der Waals surface area (Å²) >= 11 is 3.45. The number of aryl methyl sites for hydroxylation is 1. The number of nitrogens with zero attached hydrogens (tertiary/aromatic N) is 5. The molecule has 0 saturated carbocycles. The van der Waals surface area contributed by atoms with Gasteiger partial charge in [-0.1, -0.05) is 6.92 Å². The molecule has 0 aromatic carbocycles. The van der Waals surface area contributed by atoms with Gasteiger partial charge >= 0.3 is 0 Å². The molecule has 8 heteroatoms. The third kappa shape index (κ3) is 1.94. The largest absolute Gasteiger partial charge is 0.353 e. The molecule has 1 amide bonds. The van der Waals surface area contributed by atoms with Crippen LogP contribution in [-0.2, 0) is 11.8 Å². The smallest absolute Gasteiger partial charge is 0.242 e. The molecule has 1 atom stereocenters. The minimum Gasteiger partial charge on any atom is -0.353 e. The van der Waals surface area contributed by atoms with E-state index < -0.39 is 0 Å². The Morgan fingerprint density at radius 1 is 1.50 bits per heavy atom. The average molecular weight is 339 g/mol. The number of hydrogen-bond donors (Lipinski definition) is 1. The first-order chi connectivity index (χ1) is 9.63. The first kappa shape index (κ1) is 13.3. The summed E-state index contributed by atoms with van der Waals surface area (Å²) < 4.78 is 2.40. The number of rotatable bonds is 2. The maximum absolute atomic E-state index is 12.0. The van der Waals surface area contributed by atoms with Crippen LogP contribution < -0.4 is 10.2 Å². The van der Waals surface area contributed by atoms with E-state index in [1.54, 1.807) is 4.68 Å². The predicted molar refractivity (Wildman–Crippen MR) is 78.4 cm³/mol. The summed E-state index contributed by atoms with van der Waals surface area (Å²) in [6, 6.07) is -0.200. The van der Waals surface area contributed by atoms with Gasteiger partial charge in [0.25, 0.3) is 0 Å². The quantitative estimate of drug-likeness (QED) is 0.878. The summed E-state index contributed by atoms with van der Waals surface area (Å²) in [4.78, 5) is 22.7. The SMILES string of the molecule is CCC1C(=O)NCCN1c1ncnc2c1c(Br)nn2C. The first-order valence-electron chi connectivity index (χ1n) is 6.51. The fourth-order valence-electron chi connectivity index (χ4n) is 2.62. The Morgan fingerprint density at radius 2 is 2.30 bits per heavy atom. The second kappa shape index (κ2) is 5.01. The Kier molecular flexibility index (Phi) is 3.33. The van der Waals surface area contributed by atoms with Gasteiger partial charge in [0.05, 0.1) is 5.39 Å². The number of amides is 1. The lowest BCUT2D eigenvalue weighted by molar-refractivity contribution is -0.123. The number of piperazine rings is 1. The number of carbonyl (C=O) groups excluding carboxylic acids is 1. The third-order valence-electron chi connectivity index (χ3n) is 3.55. The van der Waals surface area contributed by atoms with Crippen molar-refractivity contribution >= 4 is 38.7 Å². The van der Waals surface area contributed by atoms with Gasteiger partial charge in [0.1, 0.15) is 22.8 Å². The van der Waals surface area contributed by atoms with Crippen molar-refractivity contribution in [2.24, 2.45) is 7.05 Å². The number of nitrogens with one attached hydrogen (secondary N) is 1. The summed E-state index contributed by atoms with van der Waals surface area (Å²) in [6.07, 6.45) is 2.25. The Morgan fingerprint density at radius 3 is 3.05 bits per heavy atom. The summed E-state index contributed by atoms with van der Waals surface area (Å²) in [5.74, 6) is 0.808. The molecule has 3 rings (SSSR count). The second-order valence-electron chi connectivity index (χ2n) is 4.72. The summed E-state index contributed by atoms with van der Waals surface area (Å²) in [5, 5.41) is 8.06. The number of anilines is 1. The van der Waals surface area contributed by atoms with E-state index >= 15 is 0 Å². The summed E-state index contributed by atoms with van der Waals surface area (Å²) in [7, 11) is 1.84. The van der Waals surface area contributed by atoms with E-state index in [-0.39, 0.29) is 11.9 Å². The molecule has 0 bridgehead atoms. The molecule has 0 spiro atoms. The highest BCUT2D eigenvalue weighted by molar-refractivity contribution is 9.10. The number of aromatic nitrogens is 4. The fraction of sp³-hybridized carbons (Fsp3) is 0.500. The van der Waals surface area contributed by atoms with Crippen molar-refractivity contribution in [1.82, 2.24) is 25.1 Å². The van der Waals surface area contributed by atoms with Crippen LogP contribution in [0.3, 0.4) is 0 Å². The van der Waals surface area contributed by atoms with Crippen molar-refractivity contribution in [2.45, 2.75) is 19.4 Å². The molecule has 0 aliphatic carbocycles. The highest BCUT2D eigenvalue weighted by Crippen LogP contribution is 2.31. The van der Waals surface area contributed by atoms with Crippen molar-refractivity contribution in [1.29, 1.82) is 0 Å². The van der Waals surface area contributed by atoms with Gasteiger partial charge < -0.3 is 10.2 Å². The lowest BCUT2D eigenvalue weighted by atomic mass is 10.1. The zero-order valence-electron chi connectivity index (χ0n) is 11.3. The van der Waals surface area contributed by atoms with E-state index in [1.165, 1.54) is 6.33 Å². The van der Waals surface area contributed by atoms with E-state index in [2.05, 4.69) is 36.3 Å². The monoisotopic (exact) mass is 338 g/mol. The second-order valence-corrected chi connectivity index (χ2v) is 5.47. The van der Waals surface area contributed by atoms with Crippen LogP contribution in [-0.4, -0.2) is 44.8 Å². The van der Waals surface area contributed by atoms with Crippen molar-refractivity contribution in [3.63, 3.8) is 0 Å². The van der Waals surface area contributed by atoms with Crippen molar-refractivity contribution < 1.29 is 4.79 Å². The lowest BCUT2D eigenvalue weighted by Gasteiger charge is -2.35. The number of hydrogen-bond acceptors (Lipinski definition) is 5. The summed E-state index contributed by atoms with van der Waals surface area (Å²) in [5.41, 5.74) is 0.753. The number of halogens is 1. The van der Waals surface area contributed by atoms with E-state index in [9.17, 15) is 4.79 Å². The zero-order valence-corrected chi connectivity index (χ0v) is 12.9. The van der Waals surface area contributed by atoms with Gasteiger partial charge in [-0.15, -0.1) is 0 Å². The van der Waals surface area contributed by atoms with Crippen molar-refractivity contribution in [3.05, 3.63) is 10.9 Å². The Hall–Kier alpha value is -1.70. The molecule has 7 nitrogen and oxygen atoms in total. The van der Waals surface area contributed by atoms with Gasteiger partial charge in [-0.3, -0.25) is 4.79 Å². The zero-order chi connectivity index (χ0) is 14.3. The van der Waals surface area contributed by atoms with Crippen molar-refractivity contribution in [2.75, 3.05) is 18.0 Å². The molecule has 3 heterocycles. The van der Waals surface area contributed by atoms with Gasteiger partial charge in [-0.25, -0.2) is 14.6 Å². The molecule has 1 unspecified atom stereocenters. The van der Waals surface area contributed by atoms with Gasteiger partial charge in [0.15, 0.2) is 5.65 Å². The summed E-state index contributed by atoms with van der Waals surface area (Å²) in [6.45, 7) is 3.36. The highest BCUT2D eigenvalue weighted by atomic mass is 79.9. The molecule has 1 N–H and O–H groups in total. The first-order valence-corrected chi connectivity index (χ1v) is 7.30. The number of fused-ring (bicyclic) bond motifs is 1. The maximum Gasteiger partial charge on any atom is 0.242 e.